The summed E-state index contributed by atoms with van der Waals surface area (Å²) in [6.07, 6.45) is 0.797. The first kappa shape index (κ1) is 18.7. The molecule has 140 valence electrons. The number of rotatable bonds is 5. The Balaban J connectivity index is 1.76. The quantitative estimate of drug-likeness (QED) is 0.755. The summed E-state index contributed by atoms with van der Waals surface area (Å²) in [7, 11) is 0. The van der Waals surface area contributed by atoms with E-state index >= 15 is 0 Å². The lowest BCUT2D eigenvalue weighted by molar-refractivity contribution is -0.167. The number of aromatic nitrogens is 2. The van der Waals surface area contributed by atoms with Gasteiger partial charge >= 0.3 is 5.97 Å². The van der Waals surface area contributed by atoms with E-state index in [0.29, 0.717) is 22.0 Å². The van der Waals surface area contributed by atoms with Gasteiger partial charge in [0.25, 0.3) is 11.8 Å². The first-order valence-electron chi connectivity index (χ1n) is 8.86. The Kier molecular flexibility index (Phi) is 5.03. The van der Waals surface area contributed by atoms with E-state index in [9.17, 15) is 14.4 Å². The number of imide groups is 1. The van der Waals surface area contributed by atoms with Gasteiger partial charge in [0.05, 0.1) is 17.5 Å². The molecule has 2 heterocycles. The summed E-state index contributed by atoms with van der Waals surface area (Å²) >= 11 is 0. The van der Waals surface area contributed by atoms with Crippen molar-refractivity contribution in [2.24, 2.45) is 0 Å². The molecule has 1 aromatic heterocycles. The predicted molar refractivity (Wildman–Crippen MR) is 97.0 cm³/mol. The van der Waals surface area contributed by atoms with E-state index in [1.165, 1.54) is 12.1 Å². The van der Waals surface area contributed by atoms with Gasteiger partial charge < -0.3 is 4.84 Å². The summed E-state index contributed by atoms with van der Waals surface area (Å²) in [4.78, 5) is 51.0. The largest absolute Gasteiger partial charge is 0.337 e. The maximum absolute atomic E-state index is 12.4. The van der Waals surface area contributed by atoms with Gasteiger partial charge in [0.2, 0.25) is 0 Å². The van der Waals surface area contributed by atoms with Crippen LogP contribution in [0.3, 0.4) is 0 Å². The molecule has 7 nitrogen and oxygen atoms in total. The summed E-state index contributed by atoms with van der Waals surface area (Å²) in [5.74, 6) is -1.02. The molecule has 0 radical (unpaired) electrons. The highest BCUT2D eigenvalue weighted by molar-refractivity contribution is 6.20. The second kappa shape index (κ2) is 7.26. The van der Waals surface area contributed by atoms with Gasteiger partial charge in [-0.25, -0.2) is 14.8 Å². The minimum absolute atomic E-state index is 0.119. The molecule has 3 rings (SSSR count). The number of hydrogen-bond donors (Lipinski definition) is 0. The highest BCUT2D eigenvalue weighted by Crippen LogP contribution is 2.24. The number of benzene rings is 1. The molecule has 1 aliphatic heterocycles. The van der Waals surface area contributed by atoms with Crippen LogP contribution in [0.1, 0.15) is 69.7 Å². The summed E-state index contributed by atoms with van der Waals surface area (Å²) < 4.78 is 0. The molecular formula is C20H21N3O4. The molecule has 0 aliphatic carbocycles. The third-order valence-electron chi connectivity index (χ3n) is 4.76. The van der Waals surface area contributed by atoms with Crippen molar-refractivity contribution in [1.29, 1.82) is 0 Å². The summed E-state index contributed by atoms with van der Waals surface area (Å²) in [5, 5.41) is 0.520. The van der Waals surface area contributed by atoms with Crippen LogP contribution in [0.2, 0.25) is 0 Å². The van der Waals surface area contributed by atoms with Gasteiger partial charge in [-0.2, -0.15) is 0 Å². The smallest absolute Gasteiger partial charge is 0.329 e. The highest BCUT2D eigenvalue weighted by Gasteiger charge is 2.38. The van der Waals surface area contributed by atoms with E-state index in [1.54, 1.807) is 12.1 Å². The van der Waals surface area contributed by atoms with Gasteiger partial charge in [-0.3, -0.25) is 9.59 Å². The van der Waals surface area contributed by atoms with Crippen LogP contribution in [0.15, 0.2) is 24.3 Å². The van der Waals surface area contributed by atoms with Crippen molar-refractivity contribution in [3.8, 4) is 0 Å². The molecule has 0 spiro atoms. The average Bonchev–Trinajstić information content (AvgIpc) is 2.89. The maximum Gasteiger partial charge on any atom is 0.337 e. The Morgan fingerprint density at radius 2 is 1.59 bits per heavy atom. The van der Waals surface area contributed by atoms with Gasteiger partial charge in [0.15, 0.2) is 0 Å². The lowest BCUT2D eigenvalue weighted by atomic mass is 10.1. The Morgan fingerprint density at radius 1 is 1.07 bits per heavy atom. The second-order valence-corrected chi connectivity index (χ2v) is 6.63. The number of fused-ring (bicyclic) bond motifs is 1. The minimum atomic E-state index is -0.712. The lowest BCUT2D eigenvalue weighted by Crippen LogP contribution is -2.33. The van der Waals surface area contributed by atoms with Crippen LogP contribution in [-0.2, 0) is 16.1 Å². The van der Waals surface area contributed by atoms with Crippen LogP contribution in [0.4, 0.5) is 0 Å². The number of hydroxylamine groups is 2. The molecule has 1 unspecified atom stereocenters. The first-order chi connectivity index (χ1) is 12.8. The molecule has 0 N–H and O–H groups in total. The second-order valence-electron chi connectivity index (χ2n) is 6.63. The number of aryl methyl sites for hydroxylation is 2. The third kappa shape index (κ3) is 3.45. The van der Waals surface area contributed by atoms with Crippen LogP contribution in [0.25, 0.3) is 0 Å². The minimum Gasteiger partial charge on any atom is -0.329 e. The Morgan fingerprint density at radius 3 is 2.07 bits per heavy atom. The Bertz CT molecular complexity index is 881. The molecule has 2 aromatic rings. The molecular weight excluding hydrogens is 346 g/mol. The number of amides is 2. The van der Waals surface area contributed by atoms with Gasteiger partial charge in [-0.15, -0.1) is 0 Å². The fourth-order valence-electron chi connectivity index (χ4n) is 2.95. The molecule has 1 aliphatic rings. The van der Waals surface area contributed by atoms with Crippen molar-refractivity contribution in [3.05, 3.63) is 58.2 Å². The van der Waals surface area contributed by atoms with E-state index in [1.807, 2.05) is 20.8 Å². The topological polar surface area (TPSA) is 89.5 Å². The van der Waals surface area contributed by atoms with Crippen LogP contribution >= 0.6 is 0 Å². The summed E-state index contributed by atoms with van der Waals surface area (Å²) in [6, 6.07) is 6.36. The zero-order valence-corrected chi connectivity index (χ0v) is 15.8. The highest BCUT2D eigenvalue weighted by atomic mass is 16.7. The van der Waals surface area contributed by atoms with E-state index in [2.05, 4.69) is 16.9 Å². The lowest BCUT2D eigenvalue weighted by Gasteiger charge is -2.15. The van der Waals surface area contributed by atoms with Crippen molar-refractivity contribution in [3.63, 3.8) is 0 Å². The van der Waals surface area contributed by atoms with Crippen molar-refractivity contribution in [1.82, 2.24) is 15.0 Å². The van der Waals surface area contributed by atoms with Gasteiger partial charge in [0, 0.05) is 22.9 Å². The van der Waals surface area contributed by atoms with Crippen LogP contribution in [0, 0.1) is 13.8 Å². The molecule has 27 heavy (non-hydrogen) atoms. The van der Waals surface area contributed by atoms with Gasteiger partial charge in [-0.1, -0.05) is 31.0 Å². The first-order valence-corrected chi connectivity index (χ1v) is 8.86. The van der Waals surface area contributed by atoms with Crippen LogP contribution in [-0.4, -0.2) is 32.8 Å². The predicted octanol–water partition coefficient (Wildman–Crippen LogP) is 2.90. The van der Waals surface area contributed by atoms with Crippen LogP contribution in [0.5, 0.6) is 0 Å². The average molecular weight is 367 g/mol. The molecule has 7 heteroatoms. The Labute approximate surface area is 157 Å². The number of hydrogen-bond acceptors (Lipinski definition) is 6. The number of carbonyl (C=O) groups excluding carboxylic acids is 3. The molecule has 1 atom stereocenters. The van der Waals surface area contributed by atoms with E-state index in [0.717, 1.165) is 12.2 Å². The van der Waals surface area contributed by atoms with Crippen molar-refractivity contribution in [2.75, 3.05) is 0 Å². The maximum atomic E-state index is 12.4. The van der Waals surface area contributed by atoms with Crippen LogP contribution < -0.4 is 0 Å². The van der Waals surface area contributed by atoms with E-state index in [4.69, 9.17) is 4.84 Å². The fraction of sp³-hybridized carbons (Fsp3) is 0.350. The van der Waals surface area contributed by atoms with E-state index < -0.39 is 17.8 Å². The van der Waals surface area contributed by atoms with Gasteiger partial charge in [0.1, 0.15) is 5.82 Å². The fourth-order valence-corrected chi connectivity index (χ4v) is 2.95. The normalized spacial score (nSPS) is 14.3. The zero-order valence-electron chi connectivity index (χ0n) is 15.8. The third-order valence-corrected chi connectivity index (χ3v) is 4.76. The van der Waals surface area contributed by atoms with Crippen molar-refractivity contribution in [2.45, 2.75) is 46.5 Å². The van der Waals surface area contributed by atoms with Gasteiger partial charge in [-0.05, 0) is 32.4 Å². The molecule has 1 aromatic carbocycles. The van der Waals surface area contributed by atoms with E-state index in [-0.39, 0.29) is 23.5 Å². The number of carbonyl (C=O) groups is 3. The van der Waals surface area contributed by atoms with Crippen molar-refractivity contribution >= 4 is 17.8 Å². The summed E-state index contributed by atoms with van der Waals surface area (Å²) in [5.41, 5.74) is 2.48. The standard InChI is InChI=1S/C20H21N3O4/c1-5-11(2)18-21-12(3)16(13(4)22-18)10-17(24)27-23-19(25)14-8-6-7-9-15(14)20(23)26/h6-9,11H,5,10H2,1-4H3. The SMILES string of the molecule is CCC(C)c1nc(C)c(CC(=O)ON2C(=O)c3ccccc3C2=O)c(C)n1. The molecule has 0 saturated heterocycles. The monoisotopic (exact) mass is 367 g/mol. The molecule has 2 amide bonds. The molecule has 0 fully saturated rings. The summed E-state index contributed by atoms with van der Waals surface area (Å²) in [6.45, 7) is 7.73. The Hall–Kier alpha value is -3.09. The zero-order chi connectivity index (χ0) is 19.7. The molecule has 0 bridgehead atoms. The molecule has 0 saturated carbocycles. The number of nitrogens with zero attached hydrogens (tertiary/aromatic N) is 3. The van der Waals surface area contributed by atoms with Crippen molar-refractivity contribution < 1.29 is 19.2 Å².